The molecule has 1 aromatic rings. The Kier molecular flexibility index (Phi) is 4.16. The molecule has 5 nitrogen and oxygen atoms in total. The van der Waals surface area contributed by atoms with Gasteiger partial charge in [-0.05, 0) is 0 Å². The standard InChI is InChI=1S/C11H10Cl2N2O3/c12-8-5-14-10(9(13)7(8)6-16)11(17)15-1-3-18-4-2-15/h5-6H,1-4H2. The lowest BCUT2D eigenvalue weighted by Gasteiger charge is -2.26. The zero-order chi connectivity index (χ0) is 13.1. The maximum atomic E-state index is 12.2. The van der Waals surface area contributed by atoms with Crippen molar-refractivity contribution in [3.05, 3.63) is 27.5 Å². The third kappa shape index (κ3) is 2.48. The summed E-state index contributed by atoms with van der Waals surface area (Å²) in [5.74, 6) is -0.317. The van der Waals surface area contributed by atoms with Gasteiger partial charge < -0.3 is 9.64 Å². The van der Waals surface area contributed by atoms with Crippen LogP contribution in [0.5, 0.6) is 0 Å². The van der Waals surface area contributed by atoms with Crippen molar-refractivity contribution in [1.29, 1.82) is 0 Å². The van der Waals surface area contributed by atoms with Gasteiger partial charge in [0, 0.05) is 19.3 Å². The molecule has 2 heterocycles. The average molecular weight is 289 g/mol. The van der Waals surface area contributed by atoms with Crippen LogP contribution in [0, 0.1) is 0 Å². The minimum atomic E-state index is -0.317. The van der Waals surface area contributed by atoms with Gasteiger partial charge in [0.05, 0.1) is 28.8 Å². The van der Waals surface area contributed by atoms with Crippen molar-refractivity contribution in [3.63, 3.8) is 0 Å². The van der Waals surface area contributed by atoms with Gasteiger partial charge in [0.15, 0.2) is 6.29 Å². The Balaban J connectivity index is 2.32. The van der Waals surface area contributed by atoms with Crippen LogP contribution in [0.3, 0.4) is 0 Å². The number of hydrogen-bond acceptors (Lipinski definition) is 4. The molecule has 1 saturated heterocycles. The van der Waals surface area contributed by atoms with Crippen molar-refractivity contribution < 1.29 is 14.3 Å². The maximum Gasteiger partial charge on any atom is 0.274 e. The fourth-order valence-corrected chi connectivity index (χ4v) is 2.17. The van der Waals surface area contributed by atoms with E-state index in [1.807, 2.05) is 0 Å². The number of aromatic nitrogens is 1. The molecule has 0 aliphatic carbocycles. The molecule has 1 aliphatic rings. The molecule has 0 bridgehead atoms. The van der Waals surface area contributed by atoms with E-state index in [1.54, 1.807) is 4.90 Å². The molecule has 1 aliphatic heterocycles. The van der Waals surface area contributed by atoms with Crippen molar-refractivity contribution in [1.82, 2.24) is 9.88 Å². The monoisotopic (exact) mass is 288 g/mol. The van der Waals surface area contributed by atoms with Gasteiger partial charge in [0.1, 0.15) is 5.69 Å². The smallest absolute Gasteiger partial charge is 0.274 e. The molecule has 0 atom stereocenters. The van der Waals surface area contributed by atoms with Gasteiger partial charge >= 0.3 is 0 Å². The number of pyridine rings is 1. The van der Waals surface area contributed by atoms with E-state index in [1.165, 1.54) is 6.20 Å². The Morgan fingerprint density at radius 3 is 2.67 bits per heavy atom. The van der Waals surface area contributed by atoms with Crippen LogP contribution in [0.15, 0.2) is 6.20 Å². The summed E-state index contributed by atoms with van der Waals surface area (Å²) in [6.07, 6.45) is 1.77. The molecule has 0 spiro atoms. The highest BCUT2D eigenvalue weighted by atomic mass is 35.5. The molecule has 0 aromatic carbocycles. The first-order chi connectivity index (χ1) is 8.65. The largest absolute Gasteiger partial charge is 0.378 e. The zero-order valence-electron chi connectivity index (χ0n) is 9.36. The highest BCUT2D eigenvalue weighted by molar-refractivity contribution is 6.40. The number of carbonyl (C=O) groups is 2. The number of hydrogen-bond donors (Lipinski definition) is 0. The van der Waals surface area contributed by atoms with Crippen molar-refractivity contribution in [2.24, 2.45) is 0 Å². The van der Waals surface area contributed by atoms with Crippen LogP contribution in [0.2, 0.25) is 10.0 Å². The van der Waals surface area contributed by atoms with Gasteiger partial charge in [-0.3, -0.25) is 9.59 Å². The van der Waals surface area contributed by atoms with Gasteiger partial charge in [-0.1, -0.05) is 23.2 Å². The Bertz CT molecular complexity index is 487. The minimum Gasteiger partial charge on any atom is -0.378 e. The fourth-order valence-electron chi connectivity index (χ4n) is 1.65. The number of amides is 1. The maximum absolute atomic E-state index is 12.2. The second-order valence-electron chi connectivity index (χ2n) is 3.70. The Hall–Kier alpha value is -1.17. The molecule has 0 radical (unpaired) electrons. The predicted octanol–water partition coefficient (Wildman–Crippen LogP) is 1.67. The molecule has 0 unspecified atom stereocenters. The van der Waals surface area contributed by atoms with E-state index in [0.29, 0.717) is 32.6 Å². The van der Waals surface area contributed by atoms with Gasteiger partial charge in [-0.25, -0.2) is 4.98 Å². The summed E-state index contributed by atoms with van der Waals surface area (Å²) in [5.41, 5.74) is 0.134. The number of halogens is 2. The van der Waals surface area contributed by atoms with Gasteiger partial charge in [-0.2, -0.15) is 0 Å². The van der Waals surface area contributed by atoms with Gasteiger partial charge in [-0.15, -0.1) is 0 Å². The molecule has 2 rings (SSSR count). The SMILES string of the molecule is O=Cc1c(Cl)cnc(C(=O)N2CCOCC2)c1Cl. The topological polar surface area (TPSA) is 59.5 Å². The molecule has 7 heteroatoms. The lowest BCUT2D eigenvalue weighted by molar-refractivity contribution is 0.0299. The Labute approximate surface area is 114 Å². The average Bonchev–Trinajstić information content (AvgIpc) is 2.40. The summed E-state index contributed by atoms with van der Waals surface area (Å²) in [4.78, 5) is 28.5. The fraction of sp³-hybridized carbons (Fsp3) is 0.364. The number of ether oxygens (including phenoxy) is 1. The van der Waals surface area contributed by atoms with Crippen molar-refractivity contribution in [2.45, 2.75) is 0 Å². The first kappa shape index (κ1) is 13.3. The number of morpholine rings is 1. The van der Waals surface area contributed by atoms with Gasteiger partial charge in [0.2, 0.25) is 0 Å². The van der Waals surface area contributed by atoms with E-state index in [4.69, 9.17) is 27.9 Å². The van der Waals surface area contributed by atoms with E-state index >= 15 is 0 Å². The molecule has 96 valence electrons. The summed E-state index contributed by atoms with van der Waals surface area (Å²) < 4.78 is 5.16. The van der Waals surface area contributed by atoms with E-state index in [9.17, 15) is 9.59 Å². The number of carbonyl (C=O) groups excluding carboxylic acids is 2. The van der Waals surface area contributed by atoms with Crippen LogP contribution < -0.4 is 0 Å². The molecule has 0 saturated carbocycles. The molecule has 1 aromatic heterocycles. The van der Waals surface area contributed by atoms with E-state index < -0.39 is 0 Å². The lowest BCUT2D eigenvalue weighted by Crippen LogP contribution is -2.41. The van der Waals surface area contributed by atoms with Gasteiger partial charge in [0.25, 0.3) is 5.91 Å². The minimum absolute atomic E-state index is 0.00556. The first-order valence-electron chi connectivity index (χ1n) is 5.31. The third-order valence-corrected chi connectivity index (χ3v) is 3.31. The number of aldehydes is 1. The highest BCUT2D eigenvalue weighted by Gasteiger charge is 2.24. The van der Waals surface area contributed by atoms with Crippen molar-refractivity contribution in [3.8, 4) is 0 Å². The first-order valence-corrected chi connectivity index (χ1v) is 6.07. The highest BCUT2D eigenvalue weighted by Crippen LogP contribution is 2.25. The normalized spacial score (nSPS) is 15.6. The molecule has 1 amide bonds. The summed E-state index contributed by atoms with van der Waals surface area (Å²) in [5, 5.41) is 0.127. The lowest BCUT2D eigenvalue weighted by atomic mass is 10.2. The van der Waals surface area contributed by atoms with Crippen LogP contribution in [0.4, 0.5) is 0 Å². The van der Waals surface area contributed by atoms with Crippen LogP contribution in [0.1, 0.15) is 20.8 Å². The second kappa shape index (κ2) is 5.65. The molecule has 0 N–H and O–H groups in total. The molecule has 1 fully saturated rings. The van der Waals surface area contributed by atoms with Crippen molar-refractivity contribution in [2.75, 3.05) is 26.3 Å². The van der Waals surface area contributed by atoms with E-state index in [0.717, 1.165) is 0 Å². The molecular formula is C11H10Cl2N2O3. The van der Waals surface area contributed by atoms with Crippen LogP contribution in [0.25, 0.3) is 0 Å². The summed E-state index contributed by atoms with van der Waals surface area (Å²) >= 11 is 11.7. The number of nitrogens with zero attached hydrogens (tertiary/aromatic N) is 2. The van der Waals surface area contributed by atoms with Crippen LogP contribution >= 0.6 is 23.2 Å². The Morgan fingerprint density at radius 2 is 2.06 bits per heavy atom. The quantitative estimate of drug-likeness (QED) is 0.777. The van der Waals surface area contributed by atoms with E-state index in [-0.39, 0.29) is 27.2 Å². The summed E-state index contributed by atoms with van der Waals surface area (Å²) in [6, 6.07) is 0. The zero-order valence-corrected chi connectivity index (χ0v) is 10.9. The second-order valence-corrected chi connectivity index (χ2v) is 4.49. The van der Waals surface area contributed by atoms with Crippen LogP contribution in [-0.4, -0.2) is 48.4 Å². The molecular weight excluding hydrogens is 279 g/mol. The summed E-state index contributed by atoms with van der Waals surface area (Å²) in [6.45, 7) is 1.93. The molecule has 18 heavy (non-hydrogen) atoms. The van der Waals surface area contributed by atoms with Crippen molar-refractivity contribution >= 4 is 35.4 Å². The Morgan fingerprint density at radius 1 is 1.39 bits per heavy atom. The number of rotatable bonds is 2. The predicted molar refractivity (Wildman–Crippen MR) is 66.4 cm³/mol. The third-order valence-electron chi connectivity index (χ3n) is 2.63. The van der Waals surface area contributed by atoms with E-state index in [2.05, 4.69) is 4.98 Å². The van der Waals surface area contributed by atoms with Crippen LogP contribution in [-0.2, 0) is 4.74 Å². The summed E-state index contributed by atoms with van der Waals surface area (Å²) in [7, 11) is 0.